The third kappa shape index (κ3) is 5.58. The number of morpholine rings is 1. The number of amides is 1. The number of anilines is 1. The van der Waals surface area contributed by atoms with Crippen molar-refractivity contribution in [3.8, 4) is 5.75 Å². The van der Waals surface area contributed by atoms with E-state index in [1.807, 2.05) is 42.5 Å². The number of ether oxygens (including phenoxy) is 2. The minimum atomic E-state index is -0.740. The zero-order chi connectivity index (χ0) is 24.2. The molecule has 1 fully saturated rings. The van der Waals surface area contributed by atoms with Crippen molar-refractivity contribution in [2.45, 2.75) is 6.42 Å². The normalized spacial score (nSPS) is 14.5. The summed E-state index contributed by atoms with van der Waals surface area (Å²) >= 11 is 1.10. The lowest BCUT2D eigenvalue weighted by Gasteiger charge is -2.27. The van der Waals surface area contributed by atoms with E-state index in [9.17, 15) is 13.6 Å². The molecule has 0 spiro atoms. The van der Waals surface area contributed by atoms with Gasteiger partial charge in [0.05, 0.1) is 17.9 Å². The van der Waals surface area contributed by atoms with Gasteiger partial charge in [-0.1, -0.05) is 41.7 Å². The van der Waals surface area contributed by atoms with Gasteiger partial charge in [-0.2, -0.15) is 0 Å². The van der Waals surface area contributed by atoms with Crippen molar-refractivity contribution in [3.05, 3.63) is 66.2 Å². The highest BCUT2D eigenvalue weighted by Gasteiger charge is 2.22. The number of thiazole rings is 1. The SMILES string of the molecule is O=C(COc1ccc2ccccc2c1)N(CCCN1CCOCC1)c1nc2c(F)cc(F)cc2s1. The van der Waals surface area contributed by atoms with Gasteiger partial charge in [0.2, 0.25) is 0 Å². The lowest BCUT2D eigenvalue weighted by atomic mass is 10.1. The molecule has 4 aromatic rings. The molecule has 1 amide bonds. The summed E-state index contributed by atoms with van der Waals surface area (Å²) in [5, 5.41) is 2.43. The van der Waals surface area contributed by atoms with Crippen molar-refractivity contribution < 1.29 is 23.0 Å². The molecule has 0 aliphatic carbocycles. The fourth-order valence-electron chi connectivity index (χ4n) is 4.15. The van der Waals surface area contributed by atoms with Gasteiger partial charge in [0, 0.05) is 32.2 Å². The number of hydrogen-bond donors (Lipinski definition) is 0. The number of hydrogen-bond acceptors (Lipinski definition) is 6. The Labute approximate surface area is 205 Å². The van der Waals surface area contributed by atoms with Crippen molar-refractivity contribution in [3.63, 3.8) is 0 Å². The quantitative estimate of drug-likeness (QED) is 0.348. The Hall–Kier alpha value is -3.14. The van der Waals surface area contributed by atoms with E-state index in [1.165, 1.54) is 11.0 Å². The second kappa shape index (κ2) is 10.6. The topological polar surface area (TPSA) is 54.9 Å². The average Bonchev–Trinajstić information content (AvgIpc) is 3.29. The lowest BCUT2D eigenvalue weighted by molar-refractivity contribution is -0.120. The van der Waals surface area contributed by atoms with Crippen molar-refractivity contribution in [1.29, 1.82) is 0 Å². The van der Waals surface area contributed by atoms with E-state index in [4.69, 9.17) is 9.47 Å². The van der Waals surface area contributed by atoms with Gasteiger partial charge in [0.25, 0.3) is 5.91 Å². The number of aromatic nitrogens is 1. The first kappa shape index (κ1) is 23.6. The summed E-state index contributed by atoms with van der Waals surface area (Å²) in [7, 11) is 0. The van der Waals surface area contributed by atoms with E-state index in [2.05, 4.69) is 9.88 Å². The summed E-state index contributed by atoms with van der Waals surface area (Å²) in [6, 6.07) is 15.6. The van der Waals surface area contributed by atoms with Crippen LogP contribution in [0.1, 0.15) is 6.42 Å². The maximum Gasteiger partial charge on any atom is 0.266 e. The molecule has 1 aliphatic heterocycles. The van der Waals surface area contributed by atoms with Crippen molar-refractivity contribution in [2.24, 2.45) is 0 Å². The van der Waals surface area contributed by atoms with Crippen molar-refractivity contribution >= 4 is 43.4 Å². The molecule has 0 bridgehead atoms. The highest BCUT2D eigenvalue weighted by Crippen LogP contribution is 2.31. The van der Waals surface area contributed by atoms with Gasteiger partial charge in [0.15, 0.2) is 17.6 Å². The molecule has 9 heteroatoms. The molecule has 1 aromatic heterocycles. The zero-order valence-electron chi connectivity index (χ0n) is 19.1. The van der Waals surface area contributed by atoms with Crippen LogP contribution < -0.4 is 9.64 Å². The Morgan fingerprint density at radius 2 is 1.89 bits per heavy atom. The van der Waals surface area contributed by atoms with E-state index in [-0.39, 0.29) is 18.0 Å². The van der Waals surface area contributed by atoms with Crippen LogP contribution in [0.5, 0.6) is 5.75 Å². The van der Waals surface area contributed by atoms with Crippen LogP contribution in [0.3, 0.4) is 0 Å². The fraction of sp³-hybridized carbons (Fsp3) is 0.308. The molecular formula is C26H25F2N3O3S. The Kier molecular flexibility index (Phi) is 7.17. The Balaban J connectivity index is 1.33. The van der Waals surface area contributed by atoms with Crippen LogP contribution in [-0.2, 0) is 9.53 Å². The number of fused-ring (bicyclic) bond motifs is 2. The summed E-state index contributed by atoms with van der Waals surface area (Å²) in [6.07, 6.45) is 0.703. The smallest absolute Gasteiger partial charge is 0.266 e. The Morgan fingerprint density at radius 3 is 2.71 bits per heavy atom. The van der Waals surface area contributed by atoms with Gasteiger partial charge >= 0.3 is 0 Å². The van der Waals surface area contributed by atoms with Gasteiger partial charge in [-0.25, -0.2) is 13.8 Å². The third-order valence-electron chi connectivity index (χ3n) is 5.98. The van der Waals surface area contributed by atoms with Crippen LogP contribution in [0.15, 0.2) is 54.6 Å². The summed E-state index contributed by atoms with van der Waals surface area (Å²) < 4.78 is 39.6. The van der Waals surface area contributed by atoms with Crippen LogP contribution in [0.25, 0.3) is 21.0 Å². The first-order valence-electron chi connectivity index (χ1n) is 11.5. The molecule has 1 aliphatic rings. The molecule has 3 aromatic carbocycles. The minimum absolute atomic E-state index is 0.0628. The highest BCUT2D eigenvalue weighted by molar-refractivity contribution is 7.22. The van der Waals surface area contributed by atoms with Gasteiger partial charge in [0.1, 0.15) is 17.1 Å². The summed E-state index contributed by atoms with van der Waals surface area (Å²) in [5.41, 5.74) is 0.0628. The summed E-state index contributed by atoms with van der Waals surface area (Å²) in [4.78, 5) is 21.4. The van der Waals surface area contributed by atoms with E-state index in [1.54, 1.807) is 0 Å². The molecule has 0 N–H and O–H groups in total. The molecular weight excluding hydrogens is 472 g/mol. The fourth-order valence-corrected chi connectivity index (χ4v) is 5.19. The van der Waals surface area contributed by atoms with Crippen LogP contribution in [-0.4, -0.2) is 61.8 Å². The molecule has 0 atom stereocenters. The number of rotatable bonds is 8. The van der Waals surface area contributed by atoms with Crippen molar-refractivity contribution in [2.75, 3.05) is 50.9 Å². The van der Waals surface area contributed by atoms with Crippen molar-refractivity contribution in [1.82, 2.24) is 9.88 Å². The lowest BCUT2D eigenvalue weighted by Crippen LogP contribution is -2.40. The van der Waals surface area contributed by atoms with Gasteiger partial charge in [-0.15, -0.1) is 0 Å². The van der Waals surface area contributed by atoms with Gasteiger partial charge in [-0.05, 0) is 35.4 Å². The molecule has 0 radical (unpaired) electrons. The molecule has 35 heavy (non-hydrogen) atoms. The van der Waals surface area contributed by atoms with Gasteiger partial charge < -0.3 is 9.47 Å². The summed E-state index contributed by atoms with van der Waals surface area (Å²) in [5.74, 6) is -1.12. The average molecular weight is 498 g/mol. The second-order valence-electron chi connectivity index (χ2n) is 8.38. The maximum absolute atomic E-state index is 14.3. The standard InChI is InChI=1S/C26H25F2N3O3S/c27-20-15-22(28)25-23(16-20)35-26(29-25)31(9-3-8-30-10-12-33-13-11-30)24(32)17-34-21-7-6-18-4-1-2-5-19(18)14-21/h1-2,4-7,14-16H,3,8-13,17H2. The zero-order valence-corrected chi connectivity index (χ0v) is 19.9. The van der Waals surface area contributed by atoms with E-state index in [0.29, 0.717) is 41.8 Å². The first-order chi connectivity index (χ1) is 17.1. The molecule has 182 valence electrons. The third-order valence-corrected chi connectivity index (χ3v) is 7.00. The molecule has 0 unspecified atom stereocenters. The first-order valence-corrected chi connectivity index (χ1v) is 12.4. The van der Waals surface area contributed by atoms with Crippen LogP contribution in [0.2, 0.25) is 0 Å². The number of carbonyl (C=O) groups excluding carboxylic acids is 1. The monoisotopic (exact) mass is 497 g/mol. The molecule has 6 nitrogen and oxygen atoms in total. The van der Waals surface area contributed by atoms with E-state index in [0.717, 1.165) is 47.8 Å². The summed E-state index contributed by atoms with van der Waals surface area (Å²) in [6.45, 7) is 4.10. The minimum Gasteiger partial charge on any atom is -0.484 e. The molecule has 5 rings (SSSR count). The highest BCUT2D eigenvalue weighted by atomic mass is 32.1. The second-order valence-corrected chi connectivity index (χ2v) is 9.39. The molecule has 1 saturated heterocycles. The number of halogens is 2. The van der Waals surface area contributed by atoms with Crippen LogP contribution >= 0.6 is 11.3 Å². The number of nitrogens with zero attached hydrogens (tertiary/aromatic N) is 3. The Bertz CT molecular complexity index is 1340. The Morgan fingerprint density at radius 1 is 1.09 bits per heavy atom. The maximum atomic E-state index is 14.3. The molecule has 0 saturated carbocycles. The largest absolute Gasteiger partial charge is 0.484 e. The van der Waals surface area contributed by atoms with Crippen LogP contribution in [0, 0.1) is 11.6 Å². The molecule has 2 heterocycles. The predicted molar refractivity (Wildman–Crippen MR) is 133 cm³/mol. The number of carbonyl (C=O) groups is 1. The predicted octanol–water partition coefficient (Wildman–Crippen LogP) is 4.86. The van der Waals surface area contributed by atoms with Crippen LogP contribution in [0.4, 0.5) is 13.9 Å². The van der Waals surface area contributed by atoms with E-state index >= 15 is 0 Å². The van der Waals surface area contributed by atoms with Gasteiger partial charge in [-0.3, -0.25) is 14.6 Å². The van der Waals surface area contributed by atoms with E-state index < -0.39 is 11.6 Å². The number of benzene rings is 3.